The summed E-state index contributed by atoms with van der Waals surface area (Å²) in [5.41, 5.74) is 0.757. The summed E-state index contributed by atoms with van der Waals surface area (Å²) < 4.78 is 12.9. The molecule has 0 fully saturated rings. The maximum absolute atomic E-state index is 12.9. The van der Waals surface area contributed by atoms with Gasteiger partial charge in [-0.2, -0.15) is 0 Å². The highest BCUT2D eigenvalue weighted by atomic mass is 35.5. The van der Waals surface area contributed by atoms with Crippen molar-refractivity contribution in [3.05, 3.63) is 34.6 Å². The van der Waals surface area contributed by atoms with Gasteiger partial charge in [-0.05, 0) is 30.5 Å². The van der Waals surface area contributed by atoms with Crippen molar-refractivity contribution in [1.29, 1.82) is 0 Å². The second kappa shape index (κ2) is 5.85. The van der Waals surface area contributed by atoms with E-state index in [0.717, 1.165) is 12.0 Å². The first-order chi connectivity index (χ1) is 7.54. The first kappa shape index (κ1) is 13.0. The minimum Gasteiger partial charge on any atom is -0.481 e. The first-order valence-electron chi connectivity index (χ1n) is 5.21. The third-order valence-corrected chi connectivity index (χ3v) is 2.74. The van der Waals surface area contributed by atoms with Crippen molar-refractivity contribution < 1.29 is 14.3 Å². The number of hydrogen-bond acceptors (Lipinski definition) is 1. The Morgan fingerprint density at radius 1 is 1.56 bits per heavy atom. The van der Waals surface area contributed by atoms with Crippen LogP contribution in [-0.4, -0.2) is 11.1 Å². The van der Waals surface area contributed by atoms with E-state index >= 15 is 0 Å². The number of carboxylic acid groups (broad SMARTS) is 1. The maximum Gasteiger partial charge on any atom is 0.306 e. The lowest BCUT2D eigenvalue weighted by molar-refractivity contribution is -0.141. The van der Waals surface area contributed by atoms with Gasteiger partial charge in [0.25, 0.3) is 0 Å². The lowest BCUT2D eigenvalue weighted by Crippen LogP contribution is -2.16. The van der Waals surface area contributed by atoms with Gasteiger partial charge in [0.05, 0.1) is 10.9 Å². The van der Waals surface area contributed by atoms with E-state index in [1.807, 2.05) is 6.92 Å². The van der Waals surface area contributed by atoms with E-state index in [4.69, 9.17) is 16.7 Å². The first-order valence-corrected chi connectivity index (χ1v) is 5.59. The highest BCUT2D eigenvalue weighted by Crippen LogP contribution is 2.20. The SMILES string of the molecule is CCCC(Cc1ccc(F)c(Cl)c1)C(=O)O. The molecule has 0 radical (unpaired) electrons. The van der Waals surface area contributed by atoms with E-state index < -0.39 is 17.7 Å². The molecule has 0 heterocycles. The Morgan fingerprint density at radius 3 is 2.75 bits per heavy atom. The minimum absolute atomic E-state index is 0.0399. The molecule has 0 saturated heterocycles. The molecule has 1 rings (SSSR count). The van der Waals surface area contributed by atoms with Crippen molar-refractivity contribution in [2.24, 2.45) is 5.92 Å². The van der Waals surface area contributed by atoms with E-state index in [0.29, 0.717) is 12.8 Å². The van der Waals surface area contributed by atoms with E-state index in [9.17, 15) is 9.18 Å². The number of rotatable bonds is 5. The Labute approximate surface area is 99.0 Å². The molecule has 0 aliphatic rings. The average molecular weight is 245 g/mol. The summed E-state index contributed by atoms with van der Waals surface area (Å²) in [4.78, 5) is 10.9. The minimum atomic E-state index is -0.817. The molecule has 1 atom stereocenters. The van der Waals surface area contributed by atoms with Gasteiger partial charge >= 0.3 is 5.97 Å². The second-order valence-corrected chi connectivity index (χ2v) is 4.18. The van der Waals surface area contributed by atoms with Crippen LogP contribution in [0, 0.1) is 11.7 Å². The number of aliphatic carboxylic acids is 1. The quantitative estimate of drug-likeness (QED) is 0.861. The van der Waals surface area contributed by atoms with Crippen LogP contribution in [0.3, 0.4) is 0 Å². The number of carbonyl (C=O) groups is 1. The fourth-order valence-corrected chi connectivity index (χ4v) is 1.82. The van der Waals surface area contributed by atoms with Crippen molar-refractivity contribution in [3.63, 3.8) is 0 Å². The van der Waals surface area contributed by atoms with Crippen molar-refractivity contribution in [2.75, 3.05) is 0 Å². The lowest BCUT2D eigenvalue weighted by atomic mass is 9.95. The van der Waals surface area contributed by atoms with Gasteiger partial charge < -0.3 is 5.11 Å². The zero-order chi connectivity index (χ0) is 12.1. The number of benzene rings is 1. The van der Waals surface area contributed by atoms with Crippen LogP contribution in [0.15, 0.2) is 18.2 Å². The highest BCUT2D eigenvalue weighted by molar-refractivity contribution is 6.30. The molecule has 0 aliphatic carbocycles. The predicted molar refractivity (Wildman–Crippen MR) is 61.1 cm³/mol. The van der Waals surface area contributed by atoms with Gasteiger partial charge in [0, 0.05) is 0 Å². The Bertz CT molecular complexity index is 379. The molecule has 16 heavy (non-hydrogen) atoms. The lowest BCUT2D eigenvalue weighted by Gasteiger charge is -2.11. The summed E-state index contributed by atoms with van der Waals surface area (Å²) in [6.45, 7) is 1.94. The fraction of sp³-hybridized carbons (Fsp3) is 0.417. The maximum atomic E-state index is 12.9. The summed E-state index contributed by atoms with van der Waals surface area (Å²) >= 11 is 5.63. The van der Waals surface area contributed by atoms with Gasteiger partial charge in [0.15, 0.2) is 0 Å². The summed E-state index contributed by atoms with van der Waals surface area (Å²) in [7, 11) is 0. The number of carboxylic acids is 1. The van der Waals surface area contributed by atoms with Crippen LogP contribution in [0.5, 0.6) is 0 Å². The zero-order valence-electron chi connectivity index (χ0n) is 9.04. The Morgan fingerprint density at radius 2 is 2.25 bits per heavy atom. The summed E-state index contributed by atoms with van der Waals surface area (Å²) in [5.74, 6) is -1.72. The van der Waals surface area contributed by atoms with E-state index in [-0.39, 0.29) is 5.02 Å². The highest BCUT2D eigenvalue weighted by Gasteiger charge is 2.17. The van der Waals surface area contributed by atoms with E-state index in [1.54, 1.807) is 6.07 Å². The summed E-state index contributed by atoms with van der Waals surface area (Å²) in [6, 6.07) is 4.33. The van der Waals surface area contributed by atoms with Gasteiger partial charge in [0.2, 0.25) is 0 Å². The van der Waals surface area contributed by atoms with Gasteiger partial charge in [-0.1, -0.05) is 31.0 Å². The third-order valence-electron chi connectivity index (χ3n) is 2.45. The molecule has 0 aliphatic heterocycles. The molecule has 2 nitrogen and oxygen atoms in total. The van der Waals surface area contributed by atoms with Crippen molar-refractivity contribution in [1.82, 2.24) is 0 Å². The molecular weight excluding hydrogens is 231 g/mol. The molecule has 0 amide bonds. The molecule has 1 aromatic carbocycles. The Kier molecular flexibility index (Phi) is 4.74. The van der Waals surface area contributed by atoms with Gasteiger partial charge in [-0.15, -0.1) is 0 Å². The van der Waals surface area contributed by atoms with E-state index in [1.165, 1.54) is 12.1 Å². The van der Waals surface area contributed by atoms with Crippen LogP contribution < -0.4 is 0 Å². The Balaban J connectivity index is 2.77. The molecule has 1 unspecified atom stereocenters. The van der Waals surface area contributed by atoms with Crippen molar-refractivity contribution >= 4 is 17.6 Å². The molecule has 0 bridgehead atoms. The van der Waals surface area contributed by atoms with Crippen LogP contribution in [0.2, 0.25) is 5.02 Å². The molecule has 1 aromatic rings. The monoisotopic (exact) mass is 244 g/mol. The van der Waals surface area contributed by atoms with Gasteiger partial charge in [0.1, 0.15) is 5.82 Å². The van der Waals surface area contributed by atoms with Crippen LogP contribution >= 0.6 is 11.6 Å². The zero-order valence-corrected chi connectivity index (χ0v) is 9.80. The molecule has 0 aromatic heterocycles. The molecule has 4 heteroatoms. The van der Waals surface area contributed by atoms with Crippen molar-refractivity contribution in [3.8, 4) is 0 Å². The molecule has 88 valence electrons. The molecular formula is C12H14ClFO2. The third kappa shape index (κ3) is 3.49. The Hall–Kier alpha value is -1.09. The van der Waals surface area contributed by atoms with Crippen LogP contribution in [-0.2, 0) is 11.2 Å². The fourth-order valence-electron chi connectivity index (χ4n) is 1.61. The van der Waals surface area contributed by atoms with Gasteiger partial charge in [-0.25, -0.2) is 4.39 Å². The van der Waals surface area contributed by atoms with E-state index in [2.05, 4.69) is 0 Å². The molecule has 0 saturated carbocycles. The number of halogens is 2. The van der Waals surface area contributed by atoms with Gasteiger partial charge in [-0.3, -0.25) is 4.79 Å². The normalized spacial score (nSPS) is 12.4. The summed E-state index contributed by atoms with van der Waals surface area (Å²) in [6.07, 6.45) is 1.82. The van der Waals surface area contributed by atoms with Crippen LogP contribution in [0.4, 0.5) is 4.39 Å². The standard InChI is InChI=1S/C12H14ClFO2/c1-2-3-9(12(15)16)6-8-4-5-11(14)10(13)7-8/h4-5,7,9H,2-3,6H2,1H3,(H,15,16). The predicted octanol–water partition coefficient (Wildman–Crippen LogP) is 3.52. The van der Waals surface area contributed by atoms with Crippen LogP contribution in [0.1, 0.15) is 25.3 Å². The summed E-state index contributed by atoms with van der Waals surface area (Å²) in [5, 5.41) is 9.02. The molecule has 1 N–H and O–H groups in total. The van der Waals surface area contributed by atoms with Crippen molar-refractivity contribution in [2.45, 2.75) is 26.2 Å². The average Bonchev–Trinajstić information content (AvgIpc) is 2.22. The largest absolute Gasteiger partial charge is 0.481 e. The number of hydrogen-bond donors (Lipinski definition) is 1. The molecule has 0 spiro atoms. The smallest absolute Gasteiger partial charge is 0.306 e. The second-order valence-electron chi connectivity index (χ2n) is 3.78. The van der Waals surface area contributed by atoms with Crippen LogP contribution in [0.25, 0.3) is 0 Å². The topological polar surface area (TPSA) is 37.3 Å².